The minimum Gasteiger partial charge on any atom is -0.314 e. The average molecular weight is 263 g/mol. The van der Waals surface area contributed by atoms with Gasteiger partial charge in [0.05, 0.1) is 6.20 Å². The van der Waals surface area contributed by atoms with Crippen LogP contribution in [0.15, 0.2) is 12.4 Å². The summed E-state index contributed by atoms with van der Waals surface area (Å²) in [6.07, 6.45) is 11.2. The second-order valence-corrected chi connectivity index (χ2v) is 6.28. The van der Waals surface area contributed by atoms with Crippen molar-refractivity contribution >= 4 is 0 Å². The van der Waals surface area contributed by atoms with Gasteiger partial charge in [-0.1, -0.05) is 39.5 Å². The van der Waals surface area contributed by atoms with Crippen molar-refractivity contribution in [2.45, 2.75) is 65.5 Å². The van der Waals surface area contributed by atoms with Crippen molar-refractivity contribution in [2.24, 2.45) is 11.8 Å². The van der Waals surface area contributed by atoms with Crippen LogP contribution in [0.1, 0.15) is 52.0 Å². The summed E-state index contributed by atoms with van der Waals surface area (Å²) in [7, 11) is 0. The first-order chi connectivity index (χ1) is 9.19. The predicted octanol–water partition coefficient (Wildman–Crippen LogP) is 3.25. The van der Waals surface area contributed by atoms with Crippen LogP contribution >= 0.6 is 0 Å². The molecule has 108 valence electrons. The molecular formula is C16H29N3. The number of nitrogens with zero attached hydrogens (tertiary/aromatic N) is 2. The first kappa shape index (κ1) is 14.6. The maximum atomic E-state index is 4.41. The van der Waals surface area contributed by atoms with Crippen molar-refractivity contribution < 1.29 is 0 Å². The maximum absolute atomic E-state index is 4.41. The summed E-state index contributed by atoms with van der Waals surface area (Å²) >= 11 is 0. The molecule has 0 spiro atoms. The third-order valence-corrected chi connectivity index (χ3v) is 4.36. The van der Waals surface area contributed by atoms with Gasteiger partial charge in [-0.15, -0.1) is 0 Å². The molecule has 3 heteroatoms. The Morgan fingerprint density at radius 3 is 2.68 bits per heavy atom. The Hall–Kier alpha value is -0.830. The third-order valence-electron chi connectivity index (χ3n) is 4.36. The van der Waals surface area contributed by atoms with E-state index in [1.807, 2.05) is 4.68 Å². The lowest BCUT2D eigenvalue weighted by Gasteiger charge is -2.24. The molecule has 1 atom stereocenters. The van der Waals surface area contributed by atoms with Gasteiger partial charge in [0.25, 0.3) is 0 Å². The van der Waals surface area contributed by atoms with Crippen molar-refractivity contribution in [3.63, 3.8) is 0 Å². The quantitative estimate of drug-likeness (QED) is 0.818. The Bertz CT molecular complexity index is 364. The van der Waals surface area contributed by atoms with Gasteiger partial charge in [-0.2, -0.15) is 5.10 Å². The summed E-state index contributed by atoms with van der Waals surface area (Å²) in [6, 6.07) is 0.585. The Kier molecular flexibility index (Phi) is 5.44. The number of aromatic nitrogens is 2. The lowest BCUT2D eigenvalue weighted by molar-refractivity contribution is 0.313. The highest BCUT2D eigenvalue weighted by atomic mass is 15.3. The van der Waals surface area contributed by atoms with Crippen molar-refractivity contribution in [2.75, 3.05) is 6.54 Å². The largest absolute Gasteiger partial charge is 0.314 e. The van der Waals surface area contributed by atoms with Gasteiger partial charge in [-0.05, 0) is 37.3 Å². The summed E-state index contributed by atoms with van der Waals surface area (Å²) in [4.78, 5) is 0. The molecule has 0 bridgehead atoms. The van der Waals surface area contributed by atoms with Crippen LogP contribution in [0.4, 0.5) is 0 Å². The Morgan fingerprint density at radius 2 is 2.11 bits per heavy atom. The van der Waals surface area contributed by atoms with Gasteiger partial charge < -0.3 is 5.32 Å². The summed E-state index contributed by atoms with van der Waals surface area (Å²) < 4.78 is 2.04. The molecule has 3 nitrogen and oxygen atoms in total. The van der Waals surface area contributed by atoms with Crippen LogP contribution < -0.4 is 5.32 Å². The number of hydrogen-bond donors (Lipinski definition) is 1. The minimum absolute atomic E-state index is 0.585. The van der Waals surface area contributed by atoms with Gasteiger partial charge in [-0.3, -0.25) is 4.68 Å². The van der Waals surface area contributed by atoms with E-state index in [1.165, 1.54) is 37.7 Å². The van der Waals surface area contributed by atoms with E-state index in [2.05, 4.69) is 43.6 Å². The molecule has 1 saturated carbocycles. The zero-order valence-corrected chi connectivity index (χ0v) is 12.7. The fourth-order valence-corrected chi connectivity index (χ4v) is 3.21. The molecule has 0 aromatic carbocycles. The number of rotatable bonds is 7. The highest BCUT2D eigenvalue weighted by molar-refractivity contribution is 5.06. The Morgan fingerprint density at radius 1 is 1.37 bits per heavy atom. The minimum atomic E-state index is 0.585. The van der Waals surface area contributed by atoms with E-state index < -0.39 is 0 Å². The molecule has 1 aromatic rings. The zero-order valence-electron chi connectivity index (χ0n) is 12.7. The van der Waals surface area contributed by atoms with E-state index in [0.717, 1.165) is 24.9 Å². The SMILES string of the molecule is CCn1cc(CC(CNC(C)C)C2CCCC2)cn1. The van der Waals surface area contributed by atoms with Crippen LogP contribution in [-0.2, 0) is 13.0 Å². The van der Waals surface area contributed by atoms with E-state index in [4.69, 9.17) is 0 Å². The molecule has 0 saturated heterocycles. The Balaban J connectivity index is 1.95. The second kappa shape index (κ2) is 7.09. The topological polar surface area (TPSA) is 29.9 Å². The molecular weight excluding hydrogens is 234 g/mol. The van der Waals surface area contributed by atoms with Gasteiger partial charge in [-0.25, -0.2) is 0 Å². The van der Waals surface area contributed by atoms with Crippen LogP contribution in [0.25, 0.3) is 0 Å². The molecule has 19 heavy (non-hydrogen) atoms. The van der Waals surface area contributed by atoms with Crippen LogP contribution in [0, 0.1) is 11.8 Å². The molecule has 0 aliphatic heterocycles. The van der Waals surface area contributed by atoms with E-state index in [0.29, 0.717) is 6.04 Å². The van der Waals surface area contributed by atoms with Gasteiger partial charge in [0.15, 0.2) is 0 Å². The average Bonchev–Trinajstić information content (AvgIpc) is 3.05. The van der Waals surface area contributed by atoms with Crippen LogP contribution in [0.5, 0.6) is 0 Å². The Labute approximate surface area is 117 Å². The van der Waals surface area contributed by atoms with Crippen molar-refractivity contribution in [1.82, 2.24) is 15.1 Å². The van der Waals surface area contributed by atoms with Gasteiger partial charge in [0.2, 0.25) is 0 Å². The van der Waals surface area contributed by atoms with Crippen molar-refractivity contribution in [3.8, 4) is 0 Å². The highest BCUT2D eigenvalue weighted by Crippen LogP contribution is 2.33. The van der Waals surface area contributed by atoms with E-state index in [-0.39, 0.29) is 0 Å². The summed E-state index contributed by atoms with van der Waals surface area (Å²) in [5.41, 5.74) is 1.41. The highest BCUT2D eigenvalue weighted by Gasteiger charge is 2.25. The standard InChI is InChI=1S/C16H29N3/c1-4-19-12-14(10-18-19)9-16(11-17-13(2)3)15-7-5-6-8-15/h10,12-13,15-17H,4-9,11H2,1-3H3. The number of hydrogen-bond acceptors (Lipinski definition) is 2. The summed E-state index contributed by atoms with van der Waals surface area (Å²) in [5.74, 6) is 1.69. The summed E-state index contributed by atoms with van der Waals surface area (Å²) in [6.45, 7) is 8.74. The normalized spacial score (nSPS) is 18.3. The van der Waals surface area contributed by atoms with Gasteiger partial charge in [0.1, 0.15) is 0 Å². The van der Waals surface area contributed by atoms with Crippen LogP contribution in [0.2, 0.25) is 0 Å². The third kappa shape index (κ3) is 4.34. The molecule has 0 amide bonds. The molecule has 1 heterocycles. The fourth-order valence-electron chi connectivity index (χ4n) is 3.21. The summed E-state index contributed by atoms with van der Waals surface area (Å²) in [5, 5.41) is 8.04. The molecule has 1 fully saturated rings. The first-order valence-corrected chi connectivity index (χ1v) is 7.93. The monoisotopic (exact) mass is 263 g/mol. The molecule has 1 aromatic heterocycles. The van der Waals surface area contributed by atoms with E-state index in [1.54, 1.807) is 0 Å². The number of aryl methyl sites for hydroxylation is 1. The van der Waals surface area contributed by atoms with E-state index >= 15 is 0 Å². The predicted molar refractivity (Wildman–Crippen MR) is 80.2 cm³/mol. The lowest BCUT2D eigenvalue weighted by atomic mass is 9.86. The molecule has 2 rings (SSSR count). The smallest absolute Gasteiger partial charge is 0.0521 e. The van der Waals surface area contributed by atoms with Gasteiger partial charge in [0, 0.05) is 18.8 Å². The molecule has 1 aliphatic rings. The maximum Gasteiger partial charge on any atom is 0.0521 e. The second-order valence-electron chi connectivity index (χ2n) is 6.28. The van der Waals surface area contributed by atoms with Crippen LogP contribution in [-0.4, -0.2) is 22.4 Å². The lowest BCUT2D eigenvalue weighted by Crippen LogP contribution is -2.33. The fraction of sp³-hybridized carbons (Fsp3) is 0.812. The van der Waals surface area contributed by atoms with E-state index in [9.17, 15) is 0 Å². The van der Waals surface area contributed by atoms with Crippen molar-refractivity contribution in [1.29, 1.82) is 0 Å². The van der Waals surface area contributed by atoms with Crippen LogP contribution in [0.3, 0.4) is 0 Å². The van der Waals surface area contributed by atoms with Gasteiger partial charge >= 0.3 is 0 Å². The zero-order chi connectivity index (χ0) is 13.7. The molecule has 1 unspecified atom stereocenters. The molecule has 1 N–H and O–H groups in total. The number of nitrogens with one attached hydrogen (secondary N) is 1. The van der Waals surface area contributed by atoms with Crippen molar-refractivity contribution in [3.05, 3.63) is 18.0 Å². The first-order valence-electron chi connectivity index (χ1n) is 7.93. The molecule has 0 radical (unpaired) electrons. The molecule has 1 aliphatic carbocycles.